The molecule has 4 heteroatoms. The molecule has 1 aliphatic rings. The van der Waals surface area contributed by atoms with Crippen LogP contribution in [0, 0.1) is 0 Å². The summed E-state index contributed by atoms with van der Waals surface area (Å²) in [5.41, 5.74) is 10.3. The van der Waals surface area contributed by atoms with Gasteiger partial charge in [0.25, 0.3) is 0 Å². The third-order valence-electron chi connectivity index (χ3n) is 5.15. The van der Waals surface area contributed by atoms with Crippen molar-refractivity contribution < 1.29 is 0 Å². The van der Waals surface area contributed by atoms with Crippen LogP contribution in [0.5, 0.6) is 0 Å². The average molecular weight is 318 g/mol. The fraction of sp³-hybridized carbons (Fsp3) is 0.300. The summed E-state index contributed by atoms with van der Waals surface area (Å²) in [6.45, 7) is 0. The molecular formula is C20H22N4. The quantitative estimate of drug-likeness (QED) is 0.742. The number of hydrogen-bond donors (Lipinski definition) is 1. The topological polar surface area (TPSA) is 56.2 Å². The van der Waals surface area contributed by atoms with Gasteiger partial charge in [0, 0.05) is 55.2 Å². The minimum atomic E-state index is 0.673. The summed E-state index contributed by atoms with van der Waals surface area (Å²) in [7, 11) is 3.85. The van der Waals surface area contributed by atoms with E-state index in [4.69, 9.17) is 10.7 Å². The van der Waals surface area contributed by atoms with Crippen molar-refractivity contribution in [3.63, 3.8) is 0 Å². The number of fused-ring (bicyclic) bond motifs is 3. The molecule has 0 spiro atoms. The van der Waals surface area contributed by atoms with Crippen LogP contribution in [0.2, 0.25) is 0 Å². The second-order valence-corrected chi connectivity index (χ2v) is 6.59. The molecule has 1 aliphatic carbocycles. The normalized spacial score (nSPS) is 16.3. The van der Waals surface area contributed by atoms with Gasteiger partial charge in [0.05, 0.1) is 0 Å². The van der Waals surface area contributed by atoms with Crippen molar-refractivity contribution in [1.82, 2.24) is 9.55 Å². The van der Waals surface area contributed by atoms with E-state index in [0.717, 1.165) is 16.8 Å². The van der Waals surface area contributed by atoms with E-state index < -0.39 is 0 Å². The molecule has 1 aromatic carbocycles. The summed E-state index contributed by atoms with van der Waals surface area (Å²) < 4.78 is 2.16. The fourth-order valence-electron chi connectivity index (χ4n) is 3.65. The Hall–Kier alpha value is -2.62. The Morgan fingerprint density at radius 1 is 1.38 bits per heavy atom. The minimum Gasteiger partial charge on any atom is -0.404 e. The lowest BCUT2D eigenvalue weighted by Gasteiger charge is -2.25. The van der Waals surface area contributed by atoms with E-state index >= 15 is 0 Å². The van der Waals surface area contributed by atoms with Crippen LogP contribution in [0.25, 0.3) is 27.4 Å². The number of aliphatic imine (C=N–C) groups is 1. The first-order valence-corrected chi connectivity index (χ1v) is 8.45. The minimum absolute atomic E-state index is 0.673. The predicted molar refractivity (Wildman–Crippen MR) is 101 cm³/mol. The number of rotatable bonds is 3. The van der Waals surface area contributed by atoms with Gasteiger partial charge in [-0.3, -0.25) is 4.99 Å². The summed E-state index contributed by atoms with van der Waals surface area (Å²) in [4.78, 5) is 8.81. The molecule has 4 nitrogen and oxygen atoms in total. The molecule has 2 aromatic heterocycles. The van der Waals surface area contributed by atoms with E-state index in [0.29, 0.717) is 5.92 Å². The van der Waals surface area contributed by atoms with Gasteiger partial charge in [-0.05, 0) is 41.3 Å². The van der Waals surface area contributed by atoms with Crippen LogP contribution in [-0.4, -0.2) is 22.8 Å². The second kappa shape index (κ2) is 5.78. The maximum absolute atomic E-state index is 5.79. The van der Waals surface area contributed by atoms with Gasteiger partial charge in [-0.1, -0.05) is 18.6 Å². The van der Waals surface area contributed by atoms with Gasteiger partial charge in [-0.2, -0.15) is 0 Å². The monoisotopic (exact) mass is 318 g/mol. The highest BCUT2D eigenvalue weighted by atomic mass is 15.0. The Morgan fingerprint density at radius 3 is 2.88 bits per heavy atom. The third kappa shape index (κ3) is 2.21. The number of aromatic nitrogens is 2. The molecule has 2 N–H and O–H groups in total. The van der Waals surface area contributed by atoms with Gasteiger partial charge < -0.3 is 10.3 Å². The van der Waals surface area contributed by atoms with Crippen LogP contribution in [0.4, 0.5) is 0 Å². The van der Waals surface area contributed by atoms with Crippen molar-refractivity contribution in [2.24, 2.45) is 17.8 Å². The number of pyridine rings is 1. The number of benzene rings is 1. The summed E-state index contributed by atoms with van der Waals surface area (Å²) in [5, 5.41) is 3.72. The van der Waals surface area contributed by atoms with Gasteiger partial charge in [0.2, 0.25) is 0 Å². The molecule has 122 valence electrons. The van der Waals surface area contributed by atoms with E-state index in [1.165, 1.54) is 41.0 Å². The Morgan fingerprint density at radius 2 is 2.21 bits per heavy atom. The zero-order chi connectivity index (χ0) is 16.7. The van der Waals surface area contributed by atoms with E-state index in [2.05, 4.69) is 41.0 Å². The molecule has 2 heterocycles. The largest absolute Gasteiger partial charge is 0.404 e. The number of allylic oxidation sites excluding steroid dienone is 1. The van der Waals surface area contributed by atoms with Crippen molar-refractivity contribution in [1.29, 1.82) is 0 Å². The molecule has 0 atom stereocenters. The Bertz CT molecular complexity index is 974. The highest BCUT2D eigenvalue weighted by molar-refractivity contribution is 6.13. The molecular weight excluding hydrogens is 296 g/mol. The molecule has 0 amide bonds. The Labute approximate surface area is 141 Å². The van der Waals surface area contributed by atoms with Gasteiger partial charge >= 0.3 is 0 Å². The molecule has 0 radical (unpaired) electrons. The molecule has 0 saturated heterocycles. The SMILES string of the molecule is CN=C/C(=C\N)c1ccc2cnc3c(c(C4CCC4)cn3C)c2c1. The number of nitrogens with zero attached hydrogens (tertiary/aromatic N) is 3. The lowest BCUT2D eigenvalue weighted by Crippen LogP contribution is -2.08. The van der Waals surface area contributed by atoms with Gasteiger partial charge in [0.1, 0.15) is 5.65 Å². The van der Waals surface area contributed by atoms with Crippen molar-refractivity contribution in [2.75, 3.05) is 7.05 Å². The molecule has 0 aliphatic heterocycles. The van der Waals surface area contributed by atoms with E-state index in [-0.39, 0.29) is 0 Å². The number of nitrogens with two attached hydrogens (primary N) is 1. The molecule has 4 rings (SSSR count). The number of aryl methyl sites for hydroxylation is 1. The third-order valence-corrected chi connectivity index (χ3v) is 5.15. The first-order chi connectivity index (χ1) is 11.7. The van der Waals surface area contributed by atoms with Crippen molar-refractivity contribution >= 4 is 33.6 Å². The standard InChI is InChI=1S/C20H22N4/c1-22-10-16(9-21)14-6-7-15-11-23-20-19(17(15)8-14)18(12-24(20)2)13-4-3-5-13/h6-13H,3-5,21H2,1-2H3/b16-9+,22-10?. The van der Waals surface area contributed by atoms with Crippen molar-refractivity contribution in [3.8, 4) is 0 Å². The Balaban J connectivity index is 2.01. The first kappa shape index (κ1) is 14.9. The highest BCUT2D eigenvalue weighted by Crippen LogP contribution is 2.42. The maximum atomic E-state index is 5.79. The van der Waals surface area contributed by atoms with Gasteiger partial charge in [-0.15, -0.1) is 0 Å². The molecule has 1 saturated carbocycles. The fourth-order valence-corrected chi connectivity index (χ4v) is 3.65. The average Bonchev–Trinajstić information content (AvgIpc) is 2.87. The Kier molecular flexibility index (Phi) is 3.60. The molecule has 1 fully saturated rings. The molecule has 0 bridgehead atoms. The van der Waals surface area contributed by atoms with Gasteiger partial charge in [0.15, 0.2) is 0 Å². The van der Waals surface area contributed by atoms with E-state index in [9.17, 15) is 0 Å². The van der Waals surface area contributed by atoms with Crippen LogP contribution in [0.3, 0.4) is 0 Å². The van der Waals surface area contributed by atoms with Crippen LogP contribution in [0.15, 0.2) is 41.8 Å². The molecule has 24 heavy (non-hydrogen) atoms. The lowest BCUT2D eigenvalue weighted by atomic mass is 9.79. The second-order valence-electron chi connectivity index (χ2n) is 6.59. The summed E-state index contributed by atoms with van der Waals surface area (Å²) >= 11 is 0. The van der Waals surface area contributed by atoms with E-state index in [1.807, 2.05) is 6.20 Å². The van der Waals surface area contributed by atoms with Crippen LogP contribution >= 0.6 is 0 Å². The first-order valence-electron chi connectivity index (χ1n) is 8.45. The van der Waals surface area contributed by atoms with Gasteiger partial charge in [-0.25, -0.2) is 4.98 Å². The summed E-state index contributed by atoms with van der Waals surface area (Å²) in [6.07, 6.45) is 11.5. The van der Waals surface area contributed by atoms with Crippen LogP contribution in [-0.2, 0) is 7.05 Å². The van der Waals surface area contributed by atoms with E-state index in [1.54, 1.807) is 19.5 Å². The van der Waals surface area contributed by atoms with Crippen LogP contribution < -0.4 is 5.73 Å². The van der Waals surface area contributed by atoms with Crippen molar-refractivity contribution in [2.45, 2.75) is 25.2 Å². The zero-order valence-electron chi connectivity index (χ0n) is 14.2. The summed E-state index contributed by atoms with van der Waals surface area (Å²) in [5.74, 6) is 0.673. The lowest BCUT2D eigenvalue weighted by molar-refractivity contribution is 0.421. The maximum Gasteiger partial charge on any atom is 0.140 e. The van der Waals surface area contributed by atoms with Crippen LogP contribution in [0.1, 0.15) is 36.3 Å². The van der Waals surface area contributed by atoms with Crippen molar-refractivity contribution in [3.05, 3.63) is 47.9 Å². The predicted octanol–water partition coefficient (Wildman–Crippen LogP) is 3.99. The smallest absolute Gasteiger partial charge is 0.140 e. The molecule has 0 unspecified atom stereocenters. The summed E-state index contributed by atoms with van der Waals surface area (Å²) in [6, 6.07) is 6.44. The number of hydrogen-bond acceptors (Lipinski definition) is 3. The molecule has 3 aromatic rings. The highest BCUT2D eigenvalue weighted by Gasteiger charge is 2.24. The zero-order valence-corrected chi connectivity index (χ0v) is 14.2.